The summed E-state index contributed by atoms with van der Waals surface area (Å²) < 4.78 is 0.868. The van der Waals surface area contributed by atoms with Crippen LogP contribution in [0.1, 0.15) is 20.0 Å². The Morgan fingerprint density at radius 2 is 2.00 bits per heavy atom. The van der Waals surface area contributed by atoms with E-state index >= 15 is 0 Å². The second-order valence-electron chi connectivity index (χ2n) is 3.44. The van der Waals surface area contributed by atoms with Gasteiger partial charge in [-0.1, -0.05) is 6.07 Å². The van der Waals surface area contributed by atoms with Crippen LogP contribution in [0.25, 0.3) is 0 Å². The van der Waals surface area contributed by atoms with Gasteiger partial charge in [0.2, 0.25) is 0 Å². The minimum Gasteiger partial charge on any atom is -0.478 e. The first kappa shape index (κ1) is 12.8. The zero-order chi connectivity index (χ0) is 13.1. The van der Waals surface area contributed by atoms with Gasteiger partial charge in [-0.3, -0.25) is 4.79 Å². The molecule has 18 heavy (non-hydrogen) atoms. The van der Waals surface area contributed by atoms with Gasteiger partial charge in [0.15, 0.2) is 0 Å². The van der Waals surface area contributed by atoms with Crippen molar-refractivity contribution in [2.45, 2.75) is 0 Å². The number of hydrogen-bond donors (Lipinski definition) is 2. The fourth-order valence-electron chi connectivity index (χ4n) is 1.36. The lowest BCUT2D eigenvalue weighted by Crippen LogP contribution is -2.10. The van der Waals surface area contributed by atoms with E-state index in [9.17, 15) is 9.59 Å². The van der Waals surface area contributed by atoms with Gasteiger partial charge in [0.25, 0.3) is 5.91 Å². The number of rotatable bonds is 3. The quantitative estimate of drug-likeness (QED) is 0.908. The number of hydrogen-bond acceptors (Lipinski definition) is 3. The Morgan fingerprint density at radius 3 is 2.61 bits per heavy atom. The maximum atomic E-state index is 11.8. The van der Waals surface area contributed by atoms with Crippen LogP contribution >= 0.6 is 27.3 Å². The first-order valence-corrected chi connectivity index (χ1v) is 6.57. The van der Waals surface area contributed by atoms with Gasteiger partial charge >= 0.3 is 5.97 Å². The number of carbonyl (C=O) groups is 2. The highest BCUT2D eigenvalue weighted by Crippen LogP contribution is 2.23. The third kappa shape index (κ3) is 2.96. The maximum Gasteiger partial charge on any atom is 0.335 e. The standard InChI is InChI=1S/C12H8BrNO3S/c13-10-5-4-9(18-10)11(15)14-8-3-1-2-7(6-8)12(16)17/h1-6H,(H,14,15)(H,16,17). The second kappa shape index (κ2) is 5.32. The van der Waals surface area contributed by atoms with E-state index in [0.717, 1.165) is 3.79 Å². The molecule has 0 fully saturated rings. The Kier molecular flexibility index (Phi) is 3.78. The molecule has 1 heterocycles. The number of amides is 1. The molecule has 1 aromatic carbocycles. The molecular formula is C12H8BrNO3S. The Balaban J connectivity index is 2.16. The number of carboxylic acid groups (broad SMARTS) is 1. The van der Waals surface area contributed by atoms with E-state index in [2.05, 4.69) is 21.2 Å². The third-order valence-corrected chi connectivity index (χ3v) is 3.79. The molecule has 0 saturated heterocycles. The van der Waals surface area contributed by atoms with Crippen LogP contribution in [-0.2, 0) is 0 Å². The van der Waals surface area contributed by atoms with Crippen LogP contribution in [0.3, 0.4) is 0 Å². The number of benzene rings is 1. The van der Waals surface area contributed by atoms with E-state index in [4.69, 9.17) is 5.11 Å². The highest BCUT2D eigenvalue weighted by molar-refractivity contribution is 9.11. The number of nitrogens with one attached hydrogen (secondary N) is 1. The number of anilines is 1. The maximum absolute atomic E-state index is 11.8. The van der Waals surface area contributed by atoms with Gasteiger partial charge in [0.05, 0.1) is 14.2 Å². The van der Waals surface area contributed by atoms with E-state index < -0.39 is 5.97 Å². The van der Waals surface area contributed by atoms with Crippen LogP contribution < -0.4 is 5.32 Å². The first-order valence-electron chi connectivity index (χ1n) is 4.96. The molecule has 2 aromatic rings. The summed E-state index contributed by atoms with van der Waals surface area (Å²) in [6.45, 7) is 0. The predicted octanol–water partition coefficient (Wildman–Crippen LogP) is 3.46. The summed E-state index contributed by atoms with van der Waals surface area (Å²) in [5.41, 5.74) is 0.601. The zero-order valence-corrected chi connectivity index (χ0v) is 11.4. The summed E-state index contributed by atoms with van der Waals surface area (Å²) in [4.78, 5) is 23.2. The van der Waals surface area contributed by atoms with Crippen LogP contribution in [0.5, 0.6) is 0 Å². The molecule has 0 aliphatic rings. The van der Waals surface area contributed by atoms with Crippen molar-refractivity contribution < 1.29 is 14.7 Å². The van der Waals surface area contributed by atoms with Crippen molar-refractivity contribution in [2.75, 3.05) is 5.32 Å². The molecular weight excluding hydrogens is 318 g/mol. The summed E-state index contributed by atoms with van der Waals surface area (Å²) in [6.07, 6.45) is 0. The van der Waals surface area contributed by atoms with E-state index in [1.54, 1.807) is 24.3 Å². The van der Waals surface area contributed by atoms with Gasteiger partial charge in [0, 0.05) is 5.69 Å². The van der Waals surface area contributed by atoms with Crippen LogP contribution in [-0.4, -0.2) is 17.0 Å². The smallest absolute Gasteiger partial charge is 0.335 e. The number of carbonyl (C=O) groups excluding carboxylic acids is 1. The number of halogens is 1. The fourth-order valence-corrected chi connectivity index (χ4v) is 2.64. The summed E-state index contributed by atoms with van der Waals surface area (Å²) in [5, 5.41) is 11.5. The summed E-state index contributed by atoms with van der Waals surface area (Å²) >= 11 is 4.59. The molecule has 2 N–H and O–H groups in total. The molecule has 0 bridgehead atoms. The molecule has 92 valence electrons. The molecule has 4 nitrogen and oxygen atoms in total. The van der Waals surface area contributed by atoms with Crippen LogP contribution in [0.15, 0.2) is 40.2 Å². The first-order chi connectivity index (χ1) is 8.56. The Morgan fingerprint density at radius 1 is 1.22 bits per heavy atom. The molecule has 0 aliphatic carbocycles. The van der Waals surface area contributed by atoms with Gasteiger partial charge in [-0.2, -0.15) is 0 Å². The lowest BCUT2D eigenvalue weighted by molar-refractivity contribution is 0.0696. The van der Waals surface area contributed by atoms with Crippen LogP contribution in [0.2, 0.25) is 0 Å². The molecule has 6 heteroatoms. The van der Waals surface area contributed by atoms with Gasteiger partial charge in [-0.25, -0.2) is 4.79 Å². The highest BCUT2D eigenvalue weighted by atomic mass is 79.9. The van der Waals surface area contributed by atoms with E-state index in [1.165, 1.54) is 23.5 Å². The average molecular weight is 326 g/mol. The van der Waals surface area contributed by atoms with E-state index in [0.29, 0.717) is 10.6 Å². The fraction of sp³-hybridized carbons (Fsp3) is 0. The molecule has 0 unspecified atom stereocenters. The lowest BCUT2D eigenvalue weighted by Gasteiger charge is -2.04. The highest BCUT2D eigenvalue weighted by Gasteiger charge is 2.10. The van der Waals surface area contributed by atoms with E-state index in [-0.39, 0.29) is 11.5 Å². The van der Waals surface area contributed by atoms with Crippen molar-refractivity contribution in [1.82, 2.24) is 0 Å². The minimum absolute atomic E-state index is 0.139. The third-order valence-electron chi connectivity index (χ3n) is 2.16. The molecule has 0 saturated carbocycles. The largest absolute Gasteiger partial charge is 0.478 e. The zero-order valence-electron chi connectivity index (χ0n) is 9.01. The Labute approximate surface area is 115 Å². The second-order valence-corrected chi connectivity index (χ2v) is 5.91. The van der Waals surface area contributed by atoms with Gasteiger partial charge in [-0.15, -0.1) is 11.3 Å². The van der Waals surface area contributed by atoms with Gasteiger partial charge in [0.1, 0.15) is 0 Å². The summed E-state index contributed by atoms with van der Waals surface area (Å²) in [7, 11) is 0. The number of aromatic carboxylic acids is 1. The monoisotopic (exact) mass is 325 g/mol. The molecule has 1 amide bonds. The normalized spacial score (nSPS) is 10.1. The average Bonchev–Trinajstić information content (AvgIpc) is 2.76. The molecule has 0 spiro atoms. The number of thiophene rings is 1. The summed E-state index contributed by atoms with van der Waals surface area (Å²) in [6, 6.07) is 9.61. The predicted molar refractivity (Wildman–Crippen MR) is 73.4 cm³/mol. The SMILES string of the molecule is O=C(O)c1cccc(NC(=O)c2ccc(Br)s2)c1. The van der Waals surface area contributed by atoms with Crippen molar-refractivity contribution in [3.63, 3.8) is 0 Å². The number of carboxylic acids is 1. The van der Waals surface area contributed by atoms with Crippen LogP contribution in [0.4, 0.5) is 5.69 Å². The Bertz CT molecular complexity index is 609. The van der Waals surface area contributed by atoms with Crippen molar-refractivity contribution in [1.29, 1.82) is 0 Å². The van der Waals surface area contributed by atoms with Gasteiger partial charge in [-0.05, 0) is 46.3 Å². The Hall–Kier alpha value is -1.66. The lowest BCUT2D eigenvalue weighted by atomic mass is 10.2. The van der Waals surface area contributed by atoms with Gasteiger partial charge < -0.3 is 10.4 Å². The van der Waals surface area contributed by atoms with Crippen molar-refractivity contribution in [2.24, 2.45) is 0 Å². The summed E-state index contributed by atoms with van der Waals surface area (Å²) in [5.74, 6) is -1.28. The molecule has 0 radical (unpaired) electrons. The topological polar surface area (TPSA) is 66.4 Å². The van der Waals surface area contributed by atoms with Crippen molar-refractivity contribution in [3.05, 3.63) is 50.6 Å². The van der Waals surface area contributed by atoms with Crippen molar-refractivity contribution in [3.8, 4) is 0 Å². The van der Waals surface area contributed by atoms with Crippen LogP contribution in [0, 0.1) is 0 Å². The minimum atomic E-state index is -1.02. The van der Waals surface area contributed by atoms with E-state index in [1.807, 2.05) is 0 Å². The molecule has 1 aromatic heterocycles. The molecule has 0 aliphatic heterocycles. The van der Waals surface area contributed by atoms with Crippen molar-refractivity contribution >= 4 is 44.8 Å². The molecule has 2 rings (SSSR count). The molecule has 0 atom stereocenters.